The molecule has 2 N–H and O–H groups in total. The summed E-state index contributed by atoms with van der Waals surface area (Å²) in [6.07, 6.45) is 0. The van der Waals surface area contributed by atoms with E-state index in [0.717, 1.165) is 48.7 Å². The first-order chi connectivity index (χ1) is 13.5. The third-order valence-corrected chi connectivity index (χ3v) is 5.62. The molecule has 1 aliphatic heterocycles. The zero-order chi connectivity index (χ0) is 20.1. The van der Waals surface area contributed by atoms with Crippen LogP contribution in [-0.2, 0) is 16.8 Å². The predicted molar refractivity (Wildman–Crippen MR) is 114 cm³/mol. The molecule has 2 unspecified atom stereocenters. The first-order valence-electron chi connectivity index (χ1n) is 9.21. The van der Waals surface area contributed by atoms with Gasteiger partial charge in [-0.2, -0.15) is 0 Å². The van der Waals surface area contributed by atoms with E-state index < -0.39 is 11.1 Å². The summed E-state index contributed by atoms with van der Waals surface area (Å²) in [4.78, 5) is 2.30. The number of nitrogens with one attached hydrogen (secondary N) is 2. The van der Waals surface area contributed by atoms with Crippen molar-refractivity contribution < 1.29 is 13.5 Å². The summed E-state index contributed by atoms with van der Waals surface area (Å²) in [5.41, 5.74) is 3.60. The minimum atomic E-state index is -2.16. The van der Waals surface area contributed by atoms with E-state index in [-0.39, 0.29) is 11.8 Å². The number of methoxy groups -OCH3 is 1. The van der Waals surface area contributed by atoms with Crippen LogP contribution in [0.1, 0.15) is 24.1 Å². The zero-order valence-electron chi connectivity index (χ0n) is 16.0. The van der Waals surface area contributed by atoms with Crippen LogP contribution >= 0.6 is 11.6 Å². The lowest BCUT2D eigenvalue weighted by molar-refractivity contribution is 0.414. The Morgan fingerprint density at radius 2 is 2.04 bits per heavy atom. The molecule has 2 aromatic carbocycles. The number of anilines is 2. The van der Waals surface area contributed by atoms with Gasteiger partial charge in [-0.3, -0.25) is 4.21 Å². The summed E-state index contributed by atoms with van der Waals surface area (Å²) in [6, 6.07) is 11.4. The lowest BCUT2D eigenvalue weighted by Crippen LogP contribution is -2.43. The number of ether oxygens (including phenoxy) is 1. The van der Waals surface area contributed by atoms with Gasteiger partial charge in [0.05, 0.1) is 7.11 Å². The normalized spacial score (nSPS) is 16.5. The highest BCUT2D eigenvalue weighted by atomic mass is 35.5. The van der Waals surface area contributed by atoms with Gasteiger partial charge < -0.3 is 24.8 Å². The van der Waals surface area contributed by atoms with Crippen LogP contribution < -0.4 is 20.3 Å². The Kier molecular flexibility index (Phi) is 7.18. The number of rotatable bonds is 7. The molecule has 0 amide bonds. The smallest absolute Gasteiger partial charge is 0.120 e. The highest BCUT2D eigenvalue weighted by Crippen LogP contribution is 2.31. The molecule has 8 heteroatoms. The van der Waals surface area contributed by atoms with E-state index in [1.165, 1.54) is 0 Å². The number of hydrogen-bond donors (Lipinski definition) is 2. The van der Waals surface area contributed by atoms with Gasteiger partial charge in [-0.1, -0.05) is 28.7 Å². The summed E-state index contributed by atoms with van der Waals surface area (Å²) in [7, 11) is 1.60. The molecular weight excluding hydrogens is 398 g/mol. The molecule has 0 saturated carbocycles. The molecule has 152 valence electrons. The van der Waals surface area contributed by atoms with Crippen LogP contribution in [0.4, 0.5) is 11.4 Å². The van der Waals surface area contributed by atoms with Gasteiger partial charge in [0, 0.05) is 54.4 Å². The third kappa shape index (κ3) is 5.38. The Morgan fingerprint density at radius 3 is 2.71 bits per heavy atom. The van der Waals surface area contributed by atoms with Crippen molar-refractivity contribution in [2.24, 2.45) is 0 Å². The van der Waals surface area contributed by atoms with Gasteiger partial charge in [-0.05, 0) is 48.4 Å². The van der Waals surface area contributed by atoms with Gasteiger partial charge >= 0.3 is 0 Å². The summed E-state index contributed by atoms with van der Waals surface area (Å²) in [6.45, 7) is 5.74. The molecule has 1 fully saturated rings. The van der Waals surface area contributed by atoms with Gasteiger partial charge in [0.25, 0.3) is 0 Å². The van der Waals surface area contributed by atoms with Crippen molar-refractivity contribution in [2.45, 2.75) is 18.7 Å². The van der Waals surface area contributed by atoms with Crippen LogP contribution in [0.2, 0.25) is 5.02 Å². The first-order valence-corrected chi connectivity index (χ1v) is 10.8. The monoisotopic (exact) mass is 422 g/mol. The van der Waals surface area contributed by atoms with E-state index in [1.807, 2.05) is 37.3 Å². The number of benzene rings is 2. The van der Waals surface area contributed by atoms with Crippen LogP contribution in [0.25, 0.3) is 0 Å². The van der Waals surface area contributed by atoms with Crippen molar-refractivity contribution in [3.8, 4) is 5.75 Å². The fourth-order valence-corrected chi connectivity index (χ4v) is 4.08. The predicted octanol–water partition coefficient (Wildman–Crippen LogP) is 3.31. The maximum Gasteiger partial charge on any atom is 0.120 e. The molecule has 3 rings (SSSR count). The maximum atomic E-state index is 11.3. The van der Waals surface area contributed by atoms with E-state index in [0.29, 0.717) is 10.8 Å². The van der Waals surface area contributed by atoms with Crippen LogP contribution in [-0.4, -0.2) is 42.1 Å². The lowest BCUT2D eigenvalue weighted by atomic mass is 10.1. The van der Waals surface area contributed by atoms with Crippen molar-refractivity contribution in [1.29, 1.82) is 0 Å². The average molecular weight is 423 g/mol. The number of piperazine rings is 1. The van der Waals surface area contributed by atoms with Crippen LogP contribution in [0.3, 0.4) is 0 Å². The minimum absolute atomic E-state index is 0.0320. The number of nitrogens with zero attached hydrogens (tertiary/aromatic N) is 1. The fraction of sp³-hybridized carbons (Fsp3) is 0.400. The Bertz CT molecular complexity index is 843. The molecule has 0 aliphatic carbocycles. The van der Waals surface area contributed by atoms with Crippen molar-refractivity contribution >= 4 is 34.1 Å². The average Bonchev–Trinajstić information content (AvgIpc) is 2.69. The van der Waals surface area contributed by atoms with E-state index in [2.05, 4.69) is 15.5 Å². The van der Waals surface area contributed by atoms with Crippen molar-refractivity contribution in [3.63, 3.8) is 0 Å². The molecule has 0 bridgehead atoms. The molecule has 2 aromatic rings. The van der Waals surface area contributed by atoms with E-state index in [4.69, 9.17) is 16.3 Å². The van der Waals surface area contributed by atoms with Crippen molar-refractivity contribution in [2.75, 3.05) is 43.5 Å². The summed E-state index contributed by atoms with van der Waals surface area (Å²) in [5, 5.41) is 7.40. The summed E-state index contributed by atoms with van der Waals surface area (Å²) < 4.78 is 27.9. The van der Waals surface area contributed by atoms with Crippen molar-refractivity contribution in [3.05, 3.63) is 52.5 Å². The van der Waals surface area contributed by atoms with Gasteiger partial charge in [0.15, 0.2) is 0 Å². The second-order valence-corrected chi connectivity index (χ2v) is 8.15. The van der Waals surface area contributed by atoms with Gasteiger partial charge in [-0.25, -0.2) is 0 Å². The molecule has 0 spiro atoms. The van der Waals surface area contributed by atoms with Crippen LogP contribution in [0, 0.1) is 0 Å². The van der Waals surface area contributed by atoms with E-state index in [1.54, 1.807) is 13.2 Å². The second-order valence-electron chi connectivity index (χ2n) is 6.82. The highest BCUT2D eigenvalue weighted by molar-refractivity contribution is 7.78. The second kappa shape index (κ2) is 9.60. The number of hydrogen-bond acceptors (Lipinski definition) is 6. The fourth-order valence-electron chi connectivity index (χ4n) is 3.34. The molecule has 2 atom stereocenters. The molecule has 1 heterocycles. The third-order valence-electron chi connectivity index (χ3n) is 4.85. The quantitative estimate of drug-likeness (QED) is 0.666. The SMILES string of the molecule is COc1cc(Cl)cc(C(C)Nc2cc(N3CCNCC3)ccc2CS(=O)[O-])c1. The maximum absolute atomic E-state index is 11.3. The van der Waals surface area contributed by atoms with Gasteiger partial charge in [0.2, 0.25) is 0 Å². The molecule has 0 aromatic heterocycles. The summed E-state index contributed by atoms with van der Waals surface area (Å²) in [5.74, 6) is 0.655. The van der Waals surface area contributed by atoms with Crippen LogP contribution in [0.15, 0.2) is 36.4 Å². The molecule has 1 aliphatic rings. The lowest BCUT2D eigenvalue weighted by Gasteiger charge is -2.30. The molecule has 0 radical (unpaired) electrons. The molecule has 6 nitrogen and oxygen atoms in total. The van der Waals surface area contributed by atoms with E-state index in [9.17, 15) is 8.76 Å². The van der Waals surface area contributed by atoms with Crippen molar-refractivity contribution in [1.82, 2.24) is 5.32 Å². The van der Waals surface area contributed by atoms with Gasteiger partial charge in [0.1, 0.15) is 5.75 Å². The standard InChI is InChI=1S/C20H26ClN3O3S/c1-14(16-9-17(21)11-19(10-16)27-2)23-20-12-18(24-7-5-22-6-8-24)4-3-15(20)13-28(25)26/h3-4,9-12,14,22-23H,5-8,13H2,1-2H3,(H,25,26)/p-1. The number of halogens is 1. The largest absolute Gasteiger partial charge is 0.772 e. The Morgan fingerprint density at radius 1 is 1.29 bits per heavy atom. The minimum Gasteiger partial charge on any atom is -0.772 e. The molecule has 28 heavy (non-hydrogen) atoms. The molecule has 1 saturated heterocycles. The van der Waals surface area contributed by atoms with E-state index >= 15 is 0 Å². The summed E-state index contributed by atoms with van der Waals surface area (Å²) >= 11 is 4.04. The Balaban J connectivity index is 1.88. The Labute approximate surface area is 173 Å². The zero-order valence-corrected chi connectivity index (χ0v) is 17.6. The van der Waals surface area contributed by atoms with Gasteiger partial charge in [-0.15, -0.1) is 0 Å². The first kappa shape index (κ1) is 20.9. The topological polar surface area (TPSA) is 76.7 Å². The highest BCUT2D eigenvalue weighted by Gasteiger charge is 2.15. The Hall–Kier alpha value is -1.80. The molecular formula is C20H25ClN3O3S-. The van der Waals surface area contributed by atoms with Crippen LogP contribution in [0.5, 0.6) is 5.75 Å².